The molecule has 0 N–H and O–H groups in total. The third-order valence-electron chi connectivity index (χ3n) is 9.32. The molecule has 0 saturated carbocycles. The van der Waals surface area contributed by atoms with Gasteiger partial charge in [0.15, 0.2) is 0 Å². The quantitative estimate of drug-likeness (QED) is 0.158. The zero-order valence-electron chi connectivity index (χ0n) is 27.9. The van der Waals surface area contributed by atoms with E-state index in [9.17, 15) is 0 Å². The van der Waals surface area contributed by atoms with Gasteiger partial charge in [-0.25, -0.2) is 0 Å². The van der Waals surface area contributed by atoms with Gasteiger partial charge in [0.1, 0.15) is 0 Å². The Balaban J connectivity index is 1.76. The molecule has 248 valence electrons. The van der Waals surface area contributed by atoms with Crippen molar-refractivity contribution in [2.45, 2.75) is 72.8 Å². The summed E-state index contributed by atoms with van der Waals surface area (Å²) >= 11 is 35.9. The molecule has 2 aliphatic rings. The van der Waals surface area contributed by atoms with Crippen molar-refractivity contribution in [1.29, 1.82) is 0 Å². The van der Waals surface area contributed by atoms with Crippen LogP contribution in [0.4, 0.5) is 0 Å². The number of rotatable bonds is 4. The van der Waals surface area contributed by atoms with Crippen LogP contribution in [-0.2, 0) is 46.1 Å². The van der Waals surface area contributed by atoms with E-state index < -0.39 is 28.9 Å². The van der Waals surface area contributed by atoms with E-state index >= 15 is 0 Å². The number of fused-ring (bicyclic) bond motifs is 3. The second-order valence-electron chi connectivity index (χ2n) is 14.8. The van der Waals surface area contributed by atoms with Crippen LogP contribution in [-0.4, -0.2) is 3.21 Å². The fraction of sp³-hybridized carbons (Fsp3) is 0.293. The van der Waals surface area contributed by atoms with Crippen molar-refractivity contribution in [3.63, 3.8) is 0 Å². The molecule has 0 radical (unpaired) electrons. The van der Waals surface area contributed by atoms with Gasteiger partial charge >= 0.3 is 326 Å². The van der Waals surface area contributed by atoms with E-state index in [-0.39, 0.29) is 10.8 Å². The molecule has 0 nitrogen and oxygen atoms in total. The third-order valence-corrected chi connectivity index (χ3v) is 18.2. The van der Waals surface area contributed by atoms with Crippen molar-refractivity contribution in [2.75, 3.05) is 0 Å². The molecule has 0 amide bonds. The first-order valence-corrected chi connectivity index (χ1v) is 22.0. The van der Waals surface area contributed by atoms with Crippen LogP contribution in [0.3, 0.4) is 0 Å². The molecule has 0 bridgehead atoms. The van der Waals surface area contributed by atoms with Gasteiger partial charge < -0.3 is 0 Å². The molecular weight excluding hydrogens is 796 g/mol. The van der Waals surface area contributed by atoms with Crippen LogP contribution >= 0.6 is 69.6 Å². The van der Waals surface area contributed by atoms with Gasteiger partial charge in [-0.05, 0) is 0 Å². The summed E-state index contributed by atoms with van der Waals surface area (Å²) < 4.78 is 1.07. The maximum absolute atomic E-state index is 6.50. The molecule has 0 unspecified atom stereocenters. The first-order valence-electron chi connectivity index (χ1n) is 16.1. The SMILES string of the molecule is CC(C)(C)c1ccc2c(c1)-c1cc(C(C)(C)C)c[c]([Zr]([C]3=CC=CC3)=[C](c3cccc(C(Cl)(Cl)Cl)c3)c3cccc(C(Cl)(Cl)Cl)c3)c1C2. The number of hydrogen-bond donors (Lipinski definition) is 0. The second-order valence-corrected chi connectivity index (χ2v) is 25.4. The molecule has 4 aromatic carbocycles. The second kappa shape index (κ2) is 13.4. The normalized spacial score (nSPS) is 14.5. The van der Waals surface area contributed by atoms with Gasteiger partial charge in [0, 0.05) is 0 Å². The molecule has 0 saturated heterocycles. The summed E-state index contributed by atoms with van der Waals surface area (Å²) in [5, 5.41) is 0. The van der Waals surface area contributed by atoms with E-state index in [1.54, 1.807) is 0 Å². The summed E-state index contributed by atoms with van der Waals surface area (Å²) in [6.45, 7) is 13.8. The van der Waals surface area contributed by atoms with Crippen molar-refractivity contribution in [1.82, 2.24) is 0 Å². The van der Waals surface area contributed by atoms with Gasteiger partial charge in [-0.3, -0.25) is 0 Å². The van der Waals surface area contributed by atoms with Crippen LogP contribution in [0.2, 0.25) is 0 Å². The van der Waals surface area contributed by atoms with Crippen molar-refractivity contribution in [3.05, 3.63) is 145 Å². The molecule has 2 aliphatic carbocycles. The Morgan fingerprint density at radius 2 is 1.17 bits per heavy atom. The van der Waals surface area contributed by atoms with E-state index in [1.807, 2.05) is 36.4 Å². The van der Waals surface area contributed by atoms with Crippen LogP contribution in [0.1, 0.15) is 92.5 Å². The molecule has 0 heterocycles. The molecule has 0 spiro atoms. The van der Waals surface area contributed by atoms with E-state index in [4.69, 9.17) is 69.6 Å². The Bertz CT molecular complexity index is 1950. The fourth-order valence-corrected chi connectivity index (χ4v) is 15.3. The summed E-state index contributed by atoms with van der Waals surface area (Å²) in [6.07, 6.45) is 8.60. The molecule has 0 aliphatic heterocycles. The first-order chi connectivity index (χ1) is 22.3. The number of allylic oxidation sites excluding steroid dienone is 4. The molecular formula is C41H38Cl6Zr. The van der Waals surface area contributed by atoms with E-state index in [0.717, 1.165) is 24.0 Å². The van der Waals surface area contributed by atoms with Gasteiger partial charge in [0.2, 0.25) is 0 Å². The Kier molecular flexibility index (Phi) is 10.3. The molecule has 6 rings (SSSR count). The Morgan fingerprint density at radius 1 is 0.604 bits per heavy atom. The molecule has 0 aromatic heterocycles. The average Bonchev–Trinajstić information content (AvgIpc) is 3.66. The number of alkyl halides is 6. The Morgan fingerprint density at radius 3 is 1.67 bits per heavy atom. The zero-order valence-corrected chi connectivity index (χ0v) is 34.9. The van der Waals surface area contributed by atoms with Gasteiger partial charge in [-0.1, -0.05) is 0 Å². The summed E-state index contributed by atoms with van der Waals surface area (Å²) in [7, 11) is 0. The summed E-state index contributed by atoms with van der Waals surface area (Å²) in [4.78, 5) is 0. The number of hydrogen-bond acceptors (Lipinski definition) is 0. The van der Waals surface area contributed by atoms with Crippen LogP contribution in [0.25, 0.3) is 11.1 Å². The molecule has 7 heteroatoms. The first kappa shape index (κ1) is 36.6. The Hall–Kier alpha value is -1.15. The summed E-state index contributed by atoms with van der Waals surface area (Å²) in [5.41, 5.74) is 11.5. The van der Waals surface area contributed by atoms with Crippen LogP contribution < -0.4 is 3.27 Å². The predicted molar refractivity (Wildman–Crippen MR) is 208 cm³/mol. The van der Waals surface area contributed by atoms with Gasteiger partial charge in [0.05, 0.1) is 0 Å². The van der Waals surface area contributed by atoms with Gasteiger partial charge in [0.25, 0.3) is 0 Å². The Labute approximate surface area is 323 Å². The van der Waals surface area contributed by atoms with Crippen LogP contribution in [0.5, 0.6) is 0 Å². The van der Waals surface area contributed by atoms with Crippen LogP contribution in [0, 0.1) is 0 Å². The third kappa shape index (κ3) is 7.55. The van der Waals surface area contributed by atoms with Crippen molar-refractivity contribution >= 4 is 76.1 Å². The summed E-state index contributed by atoms with van der Waals surface area (Å²) in [6, 6.07) is 28.1. The number of halogens is 6. The molecule has 0 fully saturated rings. The summed E-state index contributed by atoms with van der Waals surface area (Å²) in [5.74, 6) is 0. The van der Waals surface area contributed by atoms with Crippen molar-refractivity contribution < 1.29 is 21.3 Å². The topological polar surface area (TPSA) is 0 Å². The van der Waals surface area contributed by atoms with E-state index in [1.165, 1.54) is 43.1 Å². The fourth-order valence-electron chi connectivity index (χ4n) is 6.66. The van der Waals surface area contributed by atoms with E-state index in [0.29, 0.717) is 11.1 Å². The molecule has 4 aromatic rings. The van der Waals surface area contributed by atoms with Crippen molar-refractivity contribution in [3.8, 4) is 11.1 Å². The van der Waals surface area contributed by atoms with Gasteiger partial charge in [-0.15, -0.1) is 0 Å². The van der Waals surface area contributed by atoms with Crippen LogP contribution in [0.15, 0.2) is 100 Å². The maximum atomic E-state index is 6.50. The minimum atomic E-state index is -3.10. The minimum absolute atomic E-state index is 0.0471. The average molecular weight is 835 g/mol. The molecule has 0 atom stereocenters. The predicted octanol–water partition coefficient (Wildman–Crippen LogP) is 12.9. The van der Waals surface area contributed by atoms with E-state index in [2.05, 4.69) is 102 Å². The van der Waals surface area contributed by atoms with Gasteiger partial charge in [-0.2, -0.15) is 0 Å². The zero-order chi connectivity index (χ0) is 34.8. The molecule has 48 heavy (non-hydrogen) atoms. The van der Waals surface area contributed by atoms with Crippen molar-refractivity contribution in [2.24, 2.45) is 0 Å². The monoisotopic (exact) mass is 830 g/mol. The standard InChI is InChI=1S/C21H25.C15H8Cl6.C5H5.Zr/c1-20(2,3)16-9-7-14-11-15-8-10-17(21(4,5)6)13-19(15)18(14)12-16;16-14(17,18)12-5-1-3-10(8-12)7-11-4-2-6-13(9-11)15(19,20)21;1-2-4-5-3-1;/h7,9-10,12-13H,11H2,1-6H3;1-6,8-9H;1-3H,4H2;. The number of benzene rings is 4.